The van der Waals surface area contributed by atoms with Crippen molar-refractivity contribution in [1.29, 1.82) is 0 Å². The minimum absolute atomic E-state index is 0.00142. The smallest absolute Gasteiger partial charge is 0.305 e. The van der Waals surface area contributed by atoms with E-state index in [1.807, 2.05) is 0 Å². The molecule has 0 bridgehead atoms. The number of aliphatic hydroxyl groups is 2. The van der Waals surface area contributed by atoms with E-state index in [0.29, 0.717) is 25.9 Å². The molecule has 0 aliphatic carbocycles. The van der Waals surface area contributed by atoms with Gasteiger partial charge in [-0.3, -0.25) is 9.59 Å². The molecule has 6 nitrogen and oxygen atoms in total. The third-order valence-electron chi connectivity index (χ3n) is 11.8. The van der Waals surface area contributed by atoms with Crippen LogP contribution in [-0.2, 0) is 14.3 Å². The van der Waals surface area contributed by atoms with Gasteiger partial charge in [-0.05, 0) is 51.4 Å². The summed E-state index contributed by atoms with van der Waals surface area (Å²) in [5.41, 5.74) is 0. The zero-order chi connectivity index (χ0) is 41.5. The highest BCUT2D eigenvalue weighted by Gasteiger charge is 2.20. The number of aliphatic hydroxyl groups excluding tert-OH is 2. The maximum Gasteiger partial charge on any atom is 0.305 e. The molecule has 2 atom stereocenters. The monoisotopic (exact) mass is 806 g/mol. The molecule has 0 aromatic carbocycles. The van der Waals surface area contributed by atoms with E-state index in [9.17, 15) is 19.8 Å². The van der Waals surface area contributed by atoms with Gasteiger partial charge in [0.05, 0.1) is 25.4 Å². The van der Waals surface area contributed by atoms with E-state index in [1.54, 1.807) is 0 Å². The topological polar surface area (TPSA) is 95.9 Å². The number of unbranched alkanes of at least 4 members (excludes halogenated alkanes) is 34. The highest BCUT2D eigenvalue weighted by atomic mass is 16.5. The first kappa shape index (κ1) is 55.6. The summed E-state index contributed by atoms with van der Waals surface area (Å²) < 4.78 is 5.46. The van der Waals surface area contributed by atoms with E-state index in [4.69, 9.17) is 4.74 Å². The van der Waals surface area contributed by atoms with Gasteiger partial charge >= 0.3 is 5.97 Å². The van der Waals surface area contributed by atoms with Crippen molar-refractivity contribution < 1.29 is 24.5 Å². The Morgan fingerprint density at radius 2 is 0.825 bits per heavy atom. The molecule has 57 heavy (non-hydrogen) atoms. The van der Waals surface area contributed by atoms with Crippen LogP contribution in [0.1, 0.15) is 277 Å². The summed E-state index contributed by atoms with van der Waals surface area (Å²) in [5.74, 6) is -0.0542. The van der Waals surface area contributed by atoms with Crippen molar-refractivity contribution in [3.8, 4) is 0 Å². The molecule has 0 saturated carbocycles. The number of rotatable bonds is 47. The second-order valence-electron chi connectivity index (χ2n) is 17.5. The molecule has 0 radical (unpaired) electrons. The Hall–Kier alpha value is -1.40. The standard InChI is InChI=1S/C51H99NO5/c1-3-5-7-9-11-13-15-20-25-29-33-37-41-45-51(56)57-46-42-38-34-30-26-22-19-17-16-18-21-24-28-32-36-40-44-50(55)52-48(47-53)49(54)43-39-35-31-27-23-14-12-10-8-6-4-2/h16,18,48-49,53-54H,3-15,17,19-47H2,1-2H3,(H,52,55)/b18-16-. The van der Waals surface area contributed by atoms with Gasteiger partial charge in [-0.15, -0.1) is 0 Å². The molecular weight excluding hydrogens is 707 g/mol. The van der Waals surface area contributed by atoms with E-state index in [2.05, 4.69) is 31.3 Å². The van der Waals surface area contributed by atoms with Crippen molar-refractivity contribution in [3.63, 3.8) is 0 Å². The average molecular weight is 806 g/mol. The predicted octanol–water partition coefficient (Wildman–Crippen LogP) is 15.0. The number of allylic oxidation sites excluding steroid dienone is 2. The van der Waals surface area contributed by atoms with Gasteiger partial charge in [0.25, 0.3) is 0 Å². The fourth-order valence-electron chi connectivity index (χ4n) is 7.87. The summed E-state index contributed by atoms with van der Waals surface area (Å²) in [4.78, 5) is 24.4. The number of carbonyl (C=O) groups excluding carboxylic acids is 2. The summed E-state index contributed by atoms with van der Waals surface area (Å²) in [6, 6.07) is -0.551. The number of nitrogens with one attached hydrogen (secondary N) is 1. The summed E-state index contributed by atoms with van der Waals surface area (Å²) in [7, 11) is 0. The first-order valence-electron chi connectivity index (χ1n) is 25.4. The molecule has 0 aromatic heterocycles. The molecule has 0 heterocycles. The minimum atomic E-state index is -0.672. The van der Waals surface area contributed by atoms with Crippen molar-refractivity contribution >= 4 is 11.9 Å². The van der Waals surface area contributed by atoms with Gasteiger partial charge in [0.15, 0.2) is 0 Å². The molecule has 0 rings (SSSR count). The lowest BCUT2D eigenvalue weighted by Gasteiger charge is -2.22. The van der Waals surface area contributed by atoms with Crippen molar-refractivity contribution in [2.24, 2.45) is 0 Å². The third-order valence-corrected chi connectivity index (χ3v) is 11.8. The van der Waals surface area contributed by atoms with Crippen LogP contribution in [-0.4, -0.2) is 47.4 Å². The van der Waals surface area contributed by atoms with Gasteiger partial charge < -0.3 is 20.3 Å². The fraction of sp³-hybridized carbons (Fsp3) is 0.922. The lowest BCUT2D eigenvalue weighted by Crippen LogP contribution is -2.45. The molecule has 0 aliphatic rings. The maximum atomic E-state index is 12.4. The van der Waals surface area contributed by atoms with Crippen LogP contribution in [0.25, 0.3) is 0 Å². The van der Waals surface area contributed by atoms with Gasteiger partial charge in [-0.25, -0.2) is 0 Å². The normalized spacial score (nSPS) is 12.7. The van der Waals surface area contributed by atoms with Crippen LogP contribution in [0.5, 0.6) is 0 Å². The van der Waals surface area contributed by atoms with Crippen LogP contribution in [0.4, 0.5) is 0 Å². The average Bonchev–Trinajstić information content (AvgIpc) is 3.21. The SMILES string of the molecule is CCCCCCCCCCCCCCCC(=O)OCCCCCCCCC/C=C\CCCCCCCC(=O)NC(CO)C(O)CCCCCCCCCCCCC. The molecule has 6 heteroatoms. The molecule has 0 saturated heterocycles. The molecule has 0 fully saturated rings. The van der Waals surface area contributed by atoms with Gasteiger partial charge in [0.2, 0.25) is 5.91 Å². The first-order chi connectivity index (χ1) is 28.0. The van der Waals surface area contributed by atoms with E-state index >= 15 is 0 Å². The highest BCUT2D eigenvalue weighted by Crippen LogP contribution is 2.16. The number of hydrogen-bond donors (Lipinski definition) is 3. The quantitative estimate of drug-likeness (QED) is 0.0323. The summed E-state index contributed by atoms with van der Waals surface area (Å²) in [5, 5.41) is 23.1. The number of amides is 1. The van der Waals surface area contributed by atoms with Crippen LogP contribution in [0.2, 0.25) is 0 Å². The largest absolute Gasteiger partial charge is 0.466 e. The van der Waals surface area contributed by atoms with Crippen molar-refractivity contribution in [2.45, 2.75) is 289 Å². The summed E-state index contributed by atoms with van der Waals surface area (Å²) in [6.45, 7) is 4.92. The van der Waals surface area contributed by atoms with Crippen LogP contribution < -0.4 is 5.32 Å². The lowest BCUT2D eigenvalue weighted by atomic mass is 10.0. The summed E-state index contributed by atoms with van der Waals surface area (Å²) in [6.07, 6.45) is 53.2. The molecular formula is C51H99NO5. The second kappa shape index (κ2) is 47.3. The Kier molecular flexibility index (Phi) is 46.1. The highest BCUT2D eigenvalue weighted by molar-refractivity contribution is 5.76. The Balaban J connectivity index is 3.45. The fourth-order valence-corrected chi connectivity index (χ4v) is 7.87. The number of hydrogen-bond acceptors (Lipinski definition) is 5. The van der Waals surface area contributed by atoms with Crippen molar-refractivity contribution in [2.75, 3.05) is 13.2 Å². The van der Waals surface area contributed by atoms with Crippen molar-refractivity contribution in [1.82, 2.24) is 5.32 Å². The third kappa shape index (κ3) is 44.0. The second-order valence-corrected chi connectivity index (χ2v) is 17.5. The molecule has 338 valence electrons. The summed E-state index contributed by atoms with van der Waals surface area (Å²) >= 11 is 0. The van der Waals surface area contributed by atoms with Crippen molar-refractivity contribution in [3.05, 3.63) is 12.2 Å². The Morgan fingerprint density at radius 3 is 1.25 bits per heavy atom. The maximum absolute atomic E-state index is 12.4. The van der Waals surface area contributed by atoms with Crippen LogP contribution in [0, 0.1) is 0 Å². The van der Waals surface area contributed by atoms with Gasteiger partial charge in [0, 0.05) is 12.8 Å². The molecule has 0 spiro atoms. The van der Waals surface area contributed by atoms with E-state index in [0.717, 1.165) is 64.2 Å². The first-order valence-corrected chi connectivity index (χ1v) is 25.4. The number of carbonyl (C=O) groups is 2. The van der Waals surface area contributed by atoms with Gasteiger partial charge in [-0.2, -0.15) is 0 Å². The van der Waals surface area contributed by atoms with Crippen LogP contribution in [0.15, 0.2) is 12.2 Å². The van der Waals surface area contributed by atoms with Gasteiger partial charge in [0.1, 0.15) is 0 Å². The Labute approximate surface area is 355 Å². The zero-order valence-corrected chi connectivity index (χ0v) is 38.3. The predicted molar refractivity (Wildman–Crippen MR) is 246 cm³/mol. The minimum Gasteiger partial charge on any atom is -0.466 e. The Bertz CT molecular complexity index is 847. The Morgan fingerprint density at radius 1 is 0.474 bits per heavy atom. The molecule has 0 aromatic rings. The van der Waals surface area contributed by atoms with Gasteiger partial charge in [-0.1, -0.05) is 225 Å². The molecule has 0 aliphatic heterocycles. The van der Waals surface area contributed by atoms with E-state index in [-0.39, 0.29) is 18.5 Å². The lowest BCUT2D eigenvalue weighted by molar-refractivity contribution is -0.143. The number of esters is 1. The zero-order valence-electron chi connectivity index (χ0n) is 38.3. The molecule has 1 amide bonds. The van der Waals surface area contributed by atoms with Crippen LogP contribution in [0.3, 0.4) is 0 Å². The number of ether oxygens (including phenoxy) is 1. The molecule has 2 unspecified atom stereocenters. The molecule has 3 N–H and O–H groups in total. The van der Waals surface area contributed by atoms with Crippen LogP contribution >= 0.6 is 0 Å². The van der Waals surface area contributed by atoms with E-state index in [1.165, 1.54) is 180 Å². The van der Waals surface area contributed by atoms with E-state index < -0.39 is 12.1 Å².